The maximum Gasteiger partial charge on any atom is 0.306 e. The van der Waals surface area contributed by atoms with E-state index in [1.54, 1.807) is 0 Å². The second kappa shape index (κ2) is 9.90. The van der Waals surface area contributed by atoms with Crippen LogP contribution >= 0.6 is 0 Å². The normalized spacial score (nSPS) is 25.7. The Bertz CT molecular complexity index is 1010. The molecular formula is C28H40N2O3. The van der Waals surface area contributed by atoms with Crippen molar-refractivity contribution in [2.45, 2.75) is 90.0 Å². The molecule has 2 aromatic rings. The Labute approximate surface area is 198 Å². The Morgan fingerprint density at radius 3 is 2.55 bits per heavy atom. The lowest BCUT2D eigenvalue weighted by molar-refractivity contribution is -0.152. The molecule has 1 aliphatic heterocycles. The molecule has 1 saturated heterocycles. The summed E-state index contributed by atoms with van der Waals surface area (Å²) in [5.41, 5.74) is 3.99. The van der Waals surface area contributed by atoms with E-state index >= 15 is 0 Å². The van der Waals surface area contributed by atoms with Crippen molar-refractivity contribution in [2.75, 3.05) is 6.54 Å². The molecule has 5 nitrogen and oxygen atoms in total. The number of aliphatic carboxylic acids is 1. The van der Waals surface area contributed by atoms with Crippen LogP contribution in [0.2, 0.25) is 0 Å². The molecule has 180 valence electrons. The van der Waals surface area contributed by atoms with Crippen molar-refractivity contribution in [3.8, 4) is 0 Å². The van der Waals surface area contributed by atoms with E-state index in [1.807, 2.05) is 18.7 Å². The van der Waals surface area contributed by atoms with Gasteiger partial charge in [0.05, 0.1) is 5.92 Å². The predicted molar refractivity (Wildman–Crippen MR) is 132 cm³/mol. The molecular weight excluding hydrogens is 412 g/mol. The number of rotatable bonds is 5. The lowest BCUT2D eigenvalue weighted by Gasteiger charge is -2.46. The zero-order valence-corrected chi connectivity index (χ0v) is 20.7. The second-order valence-electron chi connectivity index (χ2n) is 10.2. The van der Waals surface area contributed by atoms with Crippen LogP contribution in [0.15, 0.2) is 24.4 Å². The fraction of sp³-hybridized carbons (Fsp3) is 0.643. The molecule has 3 fully saturated rings. The van der Waals surface area contributed by atoms with Gasteiger partial charge in [-0.05, 0) is 73.5 Å². The lowest BCUT2D eigenvalue weighted by Crippen LogP contribution is -2.53. The van der Waals surface area contributed by atoms with Crippen molar-refractivity contribution >= 4 is 22.8 Å². The molecule has 0 spiro atoms. The summed E-state index contributed by atoms with van der Waals surface area (Å²) >= 11 is 0. The molecule has 2 heterocycles. The van der Waals surface area contributed by atoms with E-state index < -0.39 is 5.97 Å². The van der Waals surface area contributed by atoms with Crippen LogP contribution in [0.1, 0.15) is 95.1 Å². The number of carbonyl (C=O) groups excluding carboxylic acids is 1. The standard InChI is InChI=1S/C26H34N2O3.C2H6/c1-16(21-15-27(2)23-10-3-6-18(25(21)23)17-11-12-17)14-24(29)28-13-5-8-19-20(26(30)31)7-4-9-22(19)28;1-2/h3,6,10,15-17,19-20,22H,4-5,7-9,11-14H2,1-2H3,(H,30,31);1-2H3. The van der Waals surface area contributed by atoms with Crippen molar-refractivity contribution in [3.63, 3.8) is 0 Å². The van der Waals surface area contributed by atoms with Crippen LogP contribution in [0.5, 0.6) is 0 Å². The number of nitrogens with zero attached hydrogens (tertiary/aromatic N) is 2. The van der Waals surface area contributed by atoms with Crippen LogP contribution in [0.25, 0.3) is 10.9 Å². The summed E-state index contributed by atoms with van der Waals surface area (Å²) in [6, 6.07) is 6.72. The van der Waals surface area contributed by atoms with E-state index in [-0.39, 0.29) is 29.7 Å². The molecule has 2 aliphatic carbocycles. The topological polar surface area (TPSA) is 62.5 Å². The Morgan fingerprint density at radius 2 is 1.85 bits per heavy atom. The van der Waals surface area contributed by atoms with Crippen LogP contribution in [0.4, 0.5) is 0 Å². The molecule has 4 unspecified atom stereocenters. The number of amides is 1. The van der Waals surface area contributed by atoms with Gasteiger partial charge < -0.3 is 14.6 Å². The third kappa shape index (κ3) is 4.56. The zero-order valence-electron chi connectivity index (χ0n) is 20.7. The fourth-order valence-electron chi connectivity index (χ4n) is 6.41. The van der Waals surface area contributed by atoms with Crippen molar-refractivity contribution in [3.05, 3.63) is 35.5 Å². The van der Waals surface area contributed by atoms with E-state index in [4.69, 9.17) is 0 Å². The SMILES string of the molecule is CC.CC(CC(=O)N1CCCC2C(C(=O)O)CCCC21)c1cn(C)c2cccc(C3CC3)c12. The van der Waals surface area contributed by atoms with Crippen LogP contribution in [0.3, 0.4) is 0 Å². The minimum atomic E-state index is -0.680. The average Bonchev–Trinajstić information content (AvgIpc) is 3.62. The largest absolute Gasteiger partial charge is 0.481 e. The number of likely N-dealkylation sites (tertiary alicyclic amines) is 1. The third-order valence-electron chi connectivity index (χ3n) is 8.11. The third-order valence-corrected chi connectivity index (χ3v) is 8.11. The maximum absolute atomic E-state index is 13.5. The molecule has 1 N–H and O–H groups in total. The number of carbonyl (C=O) groups is 2. The Balaban J connectivity index is 0.00000126. The summed E-state index contributed by atoms with van der Waals surface area (Å²) in [5.74, 6) is 0.181. The number of aromatic nitrogens is 1. The number of hydrogen-bond donors (Lipinski definition) is 1. The van der Waals surface area contributed by atoms with Gasteiger partial charge in [-0.25, -0.2) is 0 Å². The van der Waals surface area contributed by atoms with Crippen molar-refractivity contribution < 1.29 is 14.7 Å². The number of hydrogen-bond acceptors (Lipinski definition) is 2. The van der Waals surface area contributed by atoms with E-state index in [0.29, 0.717) is 12.3 Å². The summed E-state index contributed by atoms with van der Waals surface area (Å²) in [6.45, 7) is 6.96. The molecule has 1 amide bonds. The number of carboxylic acids is 1. The van der Waals surface area contributed by atoms with Crippen molar-refractivity contribution in [2.24, 2.45) is 18.9 Å². The fourth-order valence-corrected chi connectivity index (χ4v) is 6.41. The number of aryl methyl sites for hydroxylation is 1. The first-order chi connectivity index (χ1) is 16.0. The van der Waals surface area contributed by atoms with E-state index in [1.165, 1.54) is 34.9 Å². The Morgan fingerprint density at radius 1 is 1.09 bits per heavy atom. The van der Waals surface area contributed by atoms with Gasteiger partial charge in [0, 0.05) is 43.2 Å². The number of carboxylic acid groups (broad SMARTS) is 1. The van der Waals surface area contributed by atoms with Crippen LogP contribution < -0.4 is 0 Å². The molecule has 5 heteroatoms. The molecule has 0 radical (unpaired) electrons. The average molecular weight is 453 g/mol. The highest BCUT2D eigenvalue weighted by Gasteiger charge is 2.43. The van der Waals surface area contributed by atoms with Gasteiger partial charge in [0.2, 0.25) is 5.91 Å². The zero-order chi connectivity index (χ0) is 23.7. The minimum absolute atomic E-state index is 0.109. The minimum Gasteiger partial charge on any atom is -0.481 e. The van der Waals surface area contributed by atoms with E-state index in [9.17, 15) is 14.7 Å². The number of benzene rings is 1. The smallest absolute Gasteiger partial charge is 0.306 e. The number of fused-ring (bicyclic) bond motifs is 2. The highest BCUT2D eigenvalue weighted by atomic mass is 16.4. The lowest BCUT2D eigenvalue weighted by atomic mass is 9.71. The van der Waals surface area contributed by atoms with E-state index in [2.05, 4.69) is 42.9 Å². The first-order valence-corrected chi connectivity index (χ1v) is 13.1. The summed E-state index contributed by atoms with van der Waals surface area (Å²) in [5, 5.41) is 11.0. The van der Waals surface area contributed by atoms with Gasteiger partial charge >= 0.3 is 5.97 Å². The molecule has 5 rings (SSSR count). The van der Waals surface area contributed by atoms with Crippen molar-refractivity contribution in [1.29, 1.82) is 0 Å². The molecule has 4 atom stereocenters. The van der Waals surface area contributed by atoms with Crippen LogP contribution in [-0.4, -0.2) is 39.0 Å². The van der Waals surface area contributed by atoms with Gasteiger partial charge in [0.15, 0.2) is 0 Å². The molecule has 3 aliphatic rings. The van der Waals surface area contributed by atoms with E-state index in [0.717, 1.165) is 38.6 Å². The van der Waals surface area contributed by atoms with Gasteiger partial charge in [-0.15, -0.1) is 0 Å². The first-order valence-electron chi connectivity index (χ1n) is 13.1. The predicted octanol–water partition coefficient (Wildman–Crippen LogP) is 6.07. The quantitative estimate of drug-likeness (QED) is 0.599. The maximum atomic E-state index is 13.5. The van der Waals surface area contributed by atoms with Gasteiger partial charge in [-0.1, -0.05) is 39.3 Å². The van der Waals surface area contributed by atoms with Crippen molar-refractivity contribution in [1.82, 2.24) is 9.47 Å². The van der Waals surface area contributed by atoms with Crippen LogP contribution in [-0.2, 0) is 16.6 Å². The summed E-state index contributed by atoms with van der Waals surface area (Å²) < 4.78 is 2.20. The summed E-state index contributed by atoms with van der Waals surface area (Å²) in [4.78, 5) is 27.3. The van der Waals surface area contributed by atoms with Gasteiger partial charge in [-0.2, -0.15) is 0 Å². The first kappa shape index (κ1) is 23.8. The molecule has 2 saturated carbocycles. The molecule has 1 aromatic heterocycles. The van der Waals surface area contributed by atoms with Gasteiger partial charge in [-0.3, -0.25) is 9.59 Å². The molecule has 33 heavy (non-hydrogen) atoms. The molecule has 0 bridgehead atoms. The monoisotopic (exact) mass is 452 g/mol. The Kier molecular flexibility index (Phi) is 7.16. The van der Waals surface area contributed by atoms with Gasteiger partial charge in [0.25, 0.3) is 0 Å². The highest BCUT2D eigenvalue weighted by Crippen LogP contribution is 2.46. The Hall–Kier alpha value is -2.30. The van der Waals surface area contributed by atoms with Crippen LogP contribution in [0, 0.1) is 11.8 Å². The summed E-state index contributed by atoms with van der Waals surface area (Å²) in [7, 11) is 2.10. The highest BCUT2D eigenvalue weighted by molar-refractivity contribution is 5.89. The number of piperidine rings is 1. The summed E-state index contributed by atoms with van der Waals surface area (Å²) in [6.07, 6.45) is 9.73. The molecule has 1 aromatic carbocycles. The van der Waals surface area contributed by atoms with Gasteiger partial charge in [0.1, 0.15) is 0 Å². The second-order valence-corrected chi connectivity index (χ2v) is 10.2.